The van der Waals surface area contributed by atoms with E-state index in [2.05, 4.69) is 17.1 Å². The first kappa shape index (κ1) is 5.93. The smallest absolute Gasteiger partial charge is 0.130 e. The first-order chi connectivity index (χ1) is 4.86. The molecule has 0 radical (unpaired) electrons. The molecule has 0 aromatic rings. The molecule has 0 amide bonds. The Balaban J connectivity index is 2.46. The molecule has 10 heavy (non-hydrogen) atoms. The Bertz CT molecular complexity index is 282. The highest BCUT2D eigenvalue weighted by molar-refractivity contribution is 6.33. The average molecular weight is 152 g/mol. The highest BCUT2D eigenvalue weighted by Gasteiger charge is 2.11. The highest BCUT2D eigenvalue weighted by Crippen LogP contribution is 2.22. The van der Waals surface area contributed by atoms with E-state index < -0.39 is 0 Å². The van der Waals surface area contributed by atoms with Crippen LogP contribution in [0.15, 0.2) is 40.0 Å². The van der Waals surface area contributed by atoms with Crippen molar-refractivity contribution < 1.29 is 0 Å². The van der Waals surface area contributed by atoms with Crippen LogP contribution in [0.25, 0.3) is 0 Å². The van der Waals surface area contributed by atoms with Crippen molar-refractivity contribution in [1.82, 2.24) is 0 Å². The molecule has 2 rings (SSSR count). The van der Waals surface area contributed by atoms with E-state index in [0.717, 1.165) is 17.7 Å². The Hall–Kier alpha value is -0.820. The van der Waals surface area contributed by atoms with Crippen LogP contribution < -0.4 is 0 Å². The number of rotatable bonds is 0. The zero-order valence-corrected chi connectivity index (χ0v) is 6.10. The van der Waals surface area contributed by atoms with E-state index in [1.54, 1.807) is 0 Å². The van der Waals surface area contributed by atoms with Crippen molar-refractivity contribution in [1.29, 1.82) is 0 Å². The third-order valence-corrected chi connectivity index (χ3v) is 1.74. The van der Waals surface area contributed by atoms with E-state index >= 15 is 0 Å². The van der Waals surface area contributed by atoms with Gasteiger partial charge in [0.15, 0.2) is 0 Å². The zero-order valence-electron chi connectivity index (χ0n) is 5.34. The SMILES string of the molecule is ClC1=CC2=CCC=CC2=N1. The predicted molar refractivity (Wildman–Crippen MR) is 43.2 cm³/mol. The molecule has 2 aliphatic rings. The third-order valence-electron chi connectivity index (χ3n) is 1.55. The van der Waals surface area contributed by atoms with Crippen LogP contribution in [0.5, 0.6) is 0 Å². The number of nitrogens with zero attached hydrogens (tertiary/aromatic N) is 1. The minimum atomic E-state index is 0.591. The molecule has 1 nitrogen and oxygen atoms in total. The van der Waals surface area contributed by atoms with Crippen molar-refractivity contribution >= 4 is 17.3 Å². The lowest BCUT2D eigenvalue weighted by Gasteiger charge is -1.99. The molecule has 1 aliphatic heterocycles. The van der Waals surface area contributed by atoms with Gasteiger partial charge in [-0.2, -0.15) is 0 Å². The lowest BCUT2D eigenvalue weighted by Crippen LogP contribution is -1.95. The van der Waals surface area contributed by atoms with Crippen LogP contribution in [0.2, 0.25) is 0 Å². The standard InChI is InChI=1S/C8H6ClN/c9-8-5-6-3-1-2-4-7(6)10-8/h2-5H,1H2. The third kappa shape index (κ3) is 0.830. The van der Waals surface area contributed by atoms with Gasteiger partial charge in [-0.25, -0.2) is 4.99 Å². The van der Waals surface area contributed by atoms with Crippen LogP contribution in [0.4, 0.5) is 0 Å². The molecule has 0 fully saturated rings. The second-order valence-electron chi connectivity index (χ2n) is 2.26. The first-order valence-corrected chi connectivity index (χ1v) is 3.57. The summed E-state index contributed by atoms with van der Waals surface area (Å²) in [5.41, 5.74) is 2.16. The number of hydrogen-bond acceptors (Lipinski definition) is 1. The van der Waals surface area contributed by atoms with Gasteiger partial charge in [0.25, 0.3) is 0 Å². The van der Waals surface area contributed by atoms with Crippen molar-refractivity contribution in [3.8, 4) is 0 Å². The summed E-state index contributed by atoms with van der Waals surface area (Å²) in [6.07, 6.45) is 9.08. The predicted octanol–water partition coefficient (Wildman–Crippen LogP) is 2.41. The van der Waals surface area contributed by atoms with E-state index in [1.807, 2.05) is 12.2 Å². The fraction of sp³-hybridized carbons (Fsp3) is 0.125. The fourth-order valence-corrected chi connectivity index (χ4v) is 1.29. The molecule has 1 aliphatic carbocycles. The maximum Gasteiger partial charge on any atom is 0.130 e. The molecule has 50 valence electrons. The van der Waals surface area contributed by atoms with Gasteiger partial charge in [0.05, 0.1) is 5.71 Å². The number of hydrogen-bond donors (Lipinski definition) is 0. The Labute approximate surface area is 64.4 Å². The number of aliphatic imine (C=N–C) groups is 1. The largest absolute Gasteiger partial charge is 0.236 e. The Morgan fingerprint density at radius 2 is 2.40 bits per heavy atom. The summed E-state index contributed by atoms with van der Waals surface area (Å²) in [5, 5.41) is 0.591. The van der Waals surface area contributed by atoms with Crippen LogP contribution >= 0.6 is 11.6 Å². The van der Waals surface area contributed by atoms with Gasteiger partial charge >= 0.3 is 0 Å². The number of fused-ring (bicyclic) bond motifs is 1. The molecule has 0 atom stereocenters. The minimum Gasteiger partial charge on any atom is -0.236 e. The van der Waals surface area contributed by atoms with E-state index in [-0.39, 0.29) is 0 Å². The molecule has 1 heterocycles. The minimum absolute atomic E-state index is 0.591. The normalized spacial score (nSPS) is 21.5. The van der Waals surface area contributed by atoms with Crippen molar-refractivity contribution in [2.24, 2.45) is 4.99 Å². The second-order valence-corrected chi connectivity index (χ2v) is 2.65. The van der Waals surface area contributed by atoms with E-state index in [9.17, 15) is 0 Å². The summed E-state index contributed by atoms with van der Waals surface area (Å²) in [5.74, 6) is 0. The van der Waals surface area contributed by atoms with E-state index in [1.165, 1.54) is 0 Å². The molecule has 0 saturated carbocycles. The van der Waals surface area contributed by atoms with Gasteiger partial charge in [0.1, 0.15) is 5.16 Å². The van der Waals surface area contributed by atoms with Gasteiger partial charge in [0.2, 0.25) is 0 Å². The molecule has 0 aromatic carbocycles. The Kier molecular flexibility index (Phi) is 1.24. The van der Waals surface area contributed by atoms with Gasteiger partial charge in [-0.1, -0.05) is 23.8 Å². The fourth-order valence-electron chi connectivity index (χ4n) is 1.09. The van der Waals surface area contributed by atoms with Gasteiger partial charge in [-0.15, -0.1) is 0 Å². The van der Waals surface area contributed by atoms with Crippen molar-refractivity contribution in [2.75, 3.05) is 0 Å². The van der Waals surface area contributed by atoms with Gasteiger partial charge in [-0.05, 0) is 24.1 Å². The number of halogens is 1. The molecule has 0 aromatic heterocycles. The topological polar surface area (TPSA) is 12.4 Å². The summed E-state index contributed by atoms with van der Waals surface area (Å²) in [6, 6.07) is 0. The highest BCUT2D eigenvalue weighted by atomic mass is 35.5. The Morgan fingerprint density at radius 1 is 1.50 bits per heavy atom. The second kappa shape index (κ2) is 2.10. The van der Waals surface area contributed by atoms with Crippen molar-refractivity contribution in [3.63, 3.8) is 0 Å². The molecule has 0 saturated heterocycles. The van der Waals surface area contributed by atoms with Crippen LogP contribution in [0, 0.1) is 0 Å². The lowest BCUT2D eigenvalue weighted by molar-refractivity contribution is 1.36. The van der Waals surface area contributed by atoms with Gasteiger partial charge < -0.3 is 0 Å². The molecule has 0 spiro atoms. The monoisotopic (exact) mass is 151 g/mol. The number of allylic oxidation sites excluding steroid dienone is 5. The van der Waals surface area contributed by atoms with E-state index in [4.69, 9.17) is 11.6 Å². The van der Waals surface area contributed by atoms with E-state index in [0.29, 0.717) is 5.16 Å². The summed E-state index contributed by atoms with van der Waals surface area (Å²) in [4.78, 5) is 4.10. The lowest BCUT2D eigenvalue weighted by atomic mass is 10.1. The average Bonchev–Trinajstić information content (AvgIpc) is 2.27. The maximum absolute atomic E-state index is 5.69. The van der Waals surface area contributed by atoms with Gasteiger partial charge in [0, 0.05) is 0 Å². The zero-order chi connectivity index (χ0) is 6.97. The summed E-state index contributed by atoms with van der Waals surface area (Å²) < 4.78 is 0. The first-order valence-electron chi connectivity index (χ1n) is 3.19. The van der Waals surface area contributed by atoms with Crippen molar-refractivity contribution in [3.05, 3.63) is 35.0 Å². The van der Waals surface area contributed by atoms with Gasteiger partial charge in [-0.3, -0.25) is 0 Å². The van der Waals surface area contributed by atoms with Crippen LogP contribution in [0.3, 0.4) is 0 Å². The molecular weight excluding hydrogens is 146 g/mol. The molecule has 2 heteroatoms. The summed E-state index contributed by atoms with van der Waals surface area (Å²) >= 11 is 5.69. The van der Waals surface area contributed by atoms with Crippen molar-refractivity contribution in [2.45, 2.75) is 6.42 Å². The molecule has 0 unspecified atom stereocenters. The molecule has 0 N–H and O–H groups in total. The van der Waals surface area contributed by atoms with Crippen LogP contribution in [0.1, 0.15) is 6.42 Å². The van der Waals surface area contributed by atoms with Crippen LogP contribution in [-0.4, -0.2) is 5.71 Å². The Morgan fingerprint density at radius 3 is 3.20 bits per heavy atom. The molecular formula is C8H6ClN. The summed E-state index contributed by atoms with van der Waals surface area (Å²) in [6.45, 7) is 0. The summed E-state index contributed by atoms with van der Waals surface area (Å²) in [7, 11) is 0. The quantitative estimate of drug-likeness (QED) is 0.472. The van der Waals surface area contributed by atoms with Crippen LogP contribution in [-0.2, 0) is 0 Å². The molecule has 0 bridgehead atoms. The maximum atomic E-state index is 5.69.